The minimum absolute atomic E-state index is 0.524. The molecule has 1 aromatic rings. The number of ether oxygens (including phenoxy) is 2. The van der Waals surface area contributed by atoms with Crippen LogP contribution < -0.4 is 14.9 Å². The molecular weight excluding hydrogens is 196 g/mol. The number of hydrazine groups is 1. The van der Waals surface area contributed by atoms with Gasteiger partial charge in [-0.05, 0) is 0 Å². The summed E-state index contributed by atoms with van der Waals surface area (Å²) in [4.78, 5) is 8.02. The SMILES string of the molecule is COc1ncnc(OC)c1CNN(C)C. The van der Waals surface area contributed by atoms with Gasteiger partial charge in [-0.3, -0.25) is 10.4 Å². The molecule has 0 bridgehead atoms. The van der Waals surface area contributed by atoms with Gasteiger partial charge in [-0.25, -0.2) is 9.97 Å². The van der Waals surface area contributed by atoms with E-state index in [0.717, 1.165) is 5.56 Å². The van der Waals surface area contributed by atoms with Crippen LogP contribution >= 0.6 is 0 Å². The molecule has 0 aliphatic heterocycles. The highest BCUT2D eigenvalue weighted by Crippen LogP contribution is 2.22. The maximum atomic E-state index is 5.13. The van der Waals surface area contributed by atoms with E-state index in [1.807, 2.05) is 19.1 Å². The third-order valence-corrected chi connectivity index (χ3v) is 1.83. The number of methoxy groups -OCH3 is 2. The van der Waals surface area contributed by atoms with Gasteiger partial charge in [-0.1, -0.05) is 0 Å². The average molecular weight is 212 g/mol. The van der Waals surface area contributed by atoms with E-state index < -0.39 is 0 Å². The normalized spacial score (nSPS) is 10.5. The molecule has 0 aliphatic rings. The zero-order chi connectivity index (χ0) is 11.3. The molecule has 0 amide bonds. The summed E-state index contributed by atoms with van der Waals surface area (Å²) >= 11 is 0. The second-order valence-corrected chi connectivity index (χ2v) is 3.10. The predicted octanol–water partition coefficient (Wildman–Crippen LogP) is 0.0600. The van der Waals surface area contributed by atoms with Crippen molar-refractivity contribution < 1.29 is 9.47 Å². The largest absolute Gasteiger partial charge is 0.481 e. The highest BCUT2D eigenvalue weighted by atomic mass is 16.5. The third-order valence-electron chi connectivity index (χ3n) is 1.83. The van der Waals surface area contributed by atoms with Crippen molar-refractivity contribution in [3.05, 3.63) is 11.9 Å². The van der Waals surface area contributed by atoms with Crippen LogP contribution in [0.3, 0.4) is 0 Å². The van der Waals surface area contributed by atoms with Crippen LogP contribution in [0, 0.1) is 0 Å². The first-order chi connectivity index (χ1) is 7.19. The Morgan fingerprint density at radius 2 is 1.73 bits per heavy atom. The minimum Gasteiger partial charge on any atom is -0.481 e. The molecule has 0 fully saturated rings. The number of hydrogen-bond acceptors (Lipinski definition) is 6. The van der Waals surface area contributed by atoms with E-state index in [-0.39, 0.29) is 0 Å². The zero-order valence-corrected chi connectivity index (χ0v) is 9.44. The fourth-order valence-electron chi connectivity index (χ4n) is 1.12. The van der Waals surface area contributed by atoms with Gasteiger partial charge in [0.25, 0.3) is 0 Å². The number of nitrogens with zero attached hydrogens (tertiary/aromatic N) is 3. The molecule has 0 saturated heterocycles. The van der Waals surface area contributed by atoms with E-state index in [1.165, 1.54) is 6.33 Å². The average Bonchev–Trinajstić information content (AvgIpc) is 2.25. The molecule has 0 aliphatic carbocycles. The van der Waals surface area contributed by atoms with Crippen LogP contribution in [0.2, 0.25) is 0 Å². The van der Waals surface area contributed by atoms with Crippen LogP contribution in [0.4, 0.5) is 0 Å². The first-order valence-corrected chi connectivity index (χ1v) is 4.51. The summed E-state index contributed by atoms with van der Waals surface area (Å²) in [5.41, 5.74) is 3.91. The fraction of sp³-hybridized carbons (Fsp3) is 0.556. The Bertz CT molecular complexity index is 295. The van der Waals surface area contributed by atoms with Crippen molar-refractivity contribution in [2.45, 2.75) is 6.54 Å². The van der Waals surface area contributed by atoms with Gasteiger partial charge in [0.05, 0.1) is 19.8 Å². The van der Waals surface area contributed by atoms with Crippen molar-refractivity contribution in [2.75, 3.05) is 28.3 Å². The summed E-state index contributed by atoms with van der Waals surface area (Å²) in [6.45, 7) is 0.556. The lowest BCUT2D eigenvalue weighted by molar-refractivity contribution is 0.276. The van der Waals surface area contributed by atoms with Gasteiger partial charge in [-0.2, -0.15) is 0 Å². The Morgan fingerprint density at radius 1 is 1.20 bits per heavy atom. The topological polar surface area (TPSA) is 59.5 Å². The Morgan fingerprint density at radius 3 is 2.13 bits per heavy atom. The van der Waals surface area contributed by atoms with E-state index in [1.54, 1.807) is 14.2 Å². The molecule has 15 heavy (non-hydrogen) atoms. The lowest BCUT2D eigenvalue weighted by Gasteiger charge is -2.14. The molecule has 0 aromatic carbocycles. The van der Waals surface area contributed by atoms with Crippen molar-refractivity contribution in [2.24, 2.45) is 0 Å². The van der Waals surface area contributed by atoms with E-state index in [4.69, 9.17) is 9.47 Å². The van der Waals surface area contributed by atoms with Gasteiger partial charge in [0.2, 0.25) is 11.8 Å². The van der Waals surface area contributed by atoms with E-state index in [2.05, 4.69) is 15.4 Å². The maximum Gasteiger partial charge on any atom is 0.224 e. The maximum absolute atomic E-state index is 5.13. The summed E-state index contributed by atoms with van der Waals surface area (Å²) in [6.07, 6.45) is 1.41. The summed E-state index contributed by atoms with van der Waals surface area (Å²) in [5.74, 6) is 1.05. The van der Waals surface area contributed by atoms with Crippen molar-refractivity contribution in [1.82, 2.24) is 20.4 Å². The molecule has 0 atom stereocenters. The molecule has 1 N–H and O–H groups in total. The molecule has 0 radical (unpaired) electrons. The van der Waals surface area contributed by atoms with Gasteiger partial charge in [-0.15, -0.1) is 0 Å². The monoisotopic (exact) mass is 212 g/mol. The molecule has 1 heterocycles. The number of hydrogen-bond donors (Lipinski definition) is 1. The number of rotatable bonds is 5. The molecule has 6 nitrogen and oxygen atoms in total. The molecule has 1 aromatic heterocycles. The van der Waals surface area contributed by atoms with Crippen molar-refractivity contribution in [3.63, 3.8) is 0 Å². The first kappa shape index (κ1) is 11.7. The Hall–Kier alpha value is -1.40. The third kappa shape index (κ3) is 3.03. The number of aromatic nitrogens is 2. The quantitative estimate of drug-likeness (QED) is 0.696. The van der Waals surface area contributed by atoms with Crippen LogP contribution in [0.1, 0.15) is 5.56 Å². The molecule has 1 rings (SSSR count). The van der Waals surface area contributed by atoms with Crippen LogP contribution in [0.5, 0.6) is 11.8 Å². The van der Waals surface area contributed by atoms with Crippen molar-refractivity contribution in [1.29, 1.82) is 0 Å². The van der Waals surface area contributed by atoms with E-state index in [0.29, 0.717) is 18.3 Å². The lowest BCUT2D eigenvalue weighted by atomic mass is 10.3. The standard InChI is InChI=1S/C9H16N4O2/c1-13(2)12-5-7-8(14-3)10-6-11-9(7)15-4/h6,12H,5H2,1-4H3. The van der Waals surface area contributed by atoms with Gasteiger partial charge in [0.1, 0.15) is 6.33 Å². The Labute approximate surface area is 89.2 Å². The van der Waals surface area contributed by atoms with Gasteiger partial charge < -0.3 is 9.47 Å². The lowest BCUT2D eigenvalue weighted by Crippen LogP contribution is -2.30. The zero-order valence-electron chi connectivity index (χ0n) is 9.44. The molecule has 6 heteroatoms. The molecule has 0 spiro atoms. The summed E-state index contributed by atoms with van der Waals surface area (Å²) in [7, 11) is 6.95. The highest BCUT2D eigenvalue weighted by Gasteiger charge is 2.12. The smallest absolute Gasteiger partial charge is 0.224 e. The van der Waals surface area contributed by atoms with Crippen molar-refractivity contribution >= 4 is 0 Å². The van der Waals surface area contributed by atoms with Crippen LogP contribution in [-0.4, -0.2) is 43.3 Å². The van der Waals surface area contributed by atoms with Gasteiger partial charge in [0.15, 0.2) is 0 Å². The van der Waals surface area contributed by atoms with Gasteiger partial charge in [0, 0.05) is 20.6 Å². The van der Waals surface area contributed by atoms with Crippen LogP contribution in [0.25, 0.3) is 0 Å². The van der Waals surface area contributed by atoms with E-state index in [9.17, 15) is 0 Å². The van der Waals surface area contributed by atoms with E-state index >= 15 is 0 Å². The van der Waals surface area contributed by atoms with Crippen molar-refractivity contribution in [3.8, 4) is 11.8 Å². The minimum atomic E-state index is 0.524. The summed E-state index contributed by atoms with van der Waals surface area (Å²) in [5, 5.41) is 1.84. The summed E-state index contributed by atoms with van der Waals surface area (Å²) in [6, 6.07) is 0. The fourth-order valence-corrected chi connectivity index (χ4v) is 1.12. The van der Waals surface area contributed by atoms with Crippen LogP contribution in [-0.2, 0) is 6.54 Å². The number of nitrogens with one attached hydrogen (secondary N) is 1. The first-order valence-electron chi connectivity index (χ1n) is 4.51. The molecular formula is C9H16N4O2. The second-order valence-electron chi connectivity index (χ2n) is 3.10. The summed E-state index contributed by atoms with van der Waals surface area (Å²) < 4.78 is 10.3. The van der Waals surface area contributed by atoms with Gasteiger partial charge >= 0.3 is 0 Å². The Kier molecular flexibility index (Phi) is 4.26. The molecule has 0 saturated carbocycles. The highest BCUT2D eigenvalue weighted by molar-refractivity contribution is 5.33. The second kappa shape index (κ2) is 5.47. The molecule has 0 unspecified atom stereocenters. The van der Waals surface area contributed by atoms with Crippen LogP contribution in [0.15, 0.2) is 6.33 Å². The molecule has 84 valence electrons. The predicted molar refractivity (Wildman–Crippen MR) is 55.7 cm³/mol. The Balaban J connectivity index is 2.89.